The summed E-state index contributed by atoms with van der Waals surface area (Å²) in [4.78, 5) is 34.1. The van der Waals surface area contributed by atoms with Crippen molar-refractivity contribution < 1.29 is 19.2 Å². The zero-order chi connectivity index (χ0) is 16.1. The van der Waals surface area contributed by atoms with Gasteiger partial charge in [-0.05, 0) is 12.1 Å². The van der Waals surface area contributed by atoms with E-state index in [1.807, 2.05) is 0 Å². The number of hydrogen-bond acceptors (Lipinski definition) is 5. The van der Waals surface area contributed by atoms with E-state index < -0.39 is 23.3 Å². The smallest absolute Gasteiger partial charge is 0.345 e. The van der Waals surface area contributed by atoms with Crippen molar-refractivity contribution in [1.29, 1.82) is 0 Å². The van der Waals surface area contributed by atoms with Gasteiger partial charge in [0.2, 0.25) is 5.78 Å². The minimum atomic E-state index is -0.910. The van der Waals surface area contributed by atoms with Crippen LogP contribution in [0.2, 0.25) is 0 Å². The van der Waals surface area contributed by atoms with E-state index >= 15 is 0 Å². The third kappa shape index (κ3) is 3.56. The Morgan fingerprint density at radius 1 is 1.05 bits per heavy atom. The molecular weight excluding hydrogens is 354 g/mol. The van der Waals surface area contributed by atoms with Gasteiger partial charge in [0, 0.05) is 16.1 Å². The fraction of sp³-hybridized carbons (Fsp3) is 0.0667. The fourth-order valence-corrected chi connectivity index (χ4v) is 2.29. The van der Waals surface area contributed by atoms with Crippen molar-refractivity contribution in [3.05, 3.63) is 74.2 Å². The molecule has 0 atom stereocenters. The molecule has 0 unspecified atom stereocenters. The Morgan fingerprint density at radius 2 is 1.64 bits per heavy atom. The predicted molar refractivity (Wildman–Crippen MR) is 81.9 cm³/mol. The molecule has 2 aromatic rings. The number of para-hydroxylation sites is 1. The van der Waals surface area contributed by atoms with E-state index in [-0.39, 0.29) is 11.3 Å². The lowest BCUT2D eigenvalue weighted by molar-refractivity contribution is -0.385. The van der Waals surface area contributed by atoms with Crippen LogP contribution >= 0.6 is 15.9 Å². The average molecular weight is 364 g/mol. The summed E-state index contributed by atoms with van der Waals surface area (Å²) in [6, 6.07) is 12.1. The van der Waals surface area contributed by atoms with Crippen molar-refractivity contribution in [3.63, 3.8) is 0 Å². The number of ketones is 1. The molecule has 0 radical (unpaired) electrons. The minimum absolute atomic E-state index is 0.188. The molecule has 0 saturated carbocycles. The third-order valence-electron chi connectivity index (χ3n) is 2.83. The maximum absolute atomic E-state index is 12.0. The molecule has 0 saturated heterocycles. The van der Waals surface area contributed by atoms with E-state index in [4.69, 9.17) is 4.74 Å². The number of nitro groups is 1. The number of ether oxygens (including phenoxy) is 1. The third-order valence-corrected chi connectivity index (χ3v) is 3.52. The molecular formula is C15H10BrNO5. The molecule has 0 fully saturated rings. The van der Waals surface area contributed by atoms with E-state index in [1.165, 1.54) is 24.3 Å². The first-order chi connectivity index (χ1) is 10.5. The van der Waals surface area contributed by atoms with Crippen LogP contribution in [-0.4, -0.2) is 23.3 Å². The van der Waals surface area contributed by atoms with Crippen molar-refractivity contribution in [2.24, 2.45) is 0 Å². The summed E-state index contributed by atoms with van der Waals surface area (Å²) in [6.45, 7) is -0.493. The van der Waals surface area contributed by atoms with Crippen LogP contribution in [0.4, 0.5) is 5.69 Å². The Labute approximate surface area is 134 Å². The highest BCUT2D eigenvalue weighted by Gasteiger charge is 2.21. The Morgan fingerprint density at radius 3 is 2.27 bits per heavy atom. The number of halogens is 1. The number of hydrogen-bond donors (Lipinski definition) is 0. The van der Waals surface area contributed by atoms with Crippen molar-refractivity contribution >= 4 is 33.4 Å². The minimum Gasteiger partial charge on any atom is -0.454 e. The van der Waals surface area contributed by atoms with Crippen LogP contribution in [0.5, 0.6) is 0 Å². The molecule has 2 rings (SSSR count). The lowest BCUT2D eigenvalue weighted by Crippen LogP contribution is -2.15. The van der Waals surface area contributed by atoms with Gasteiger partial charge in [-0.2, -0.15) is 0 Å². The van der Waals surface area contributed by atoms with E-state index in [9.17, 15) is 19.7 Å². The van der Waals surface area contributed by atoms with Crippen LogP contribution in [0.1, 0.15) is 20.7 Å². The molecule has 0 aromatic heterocycles. The maximum atomic E-state index is 12.0. The Bertz CT molecular complexity index is 744. The van der Waals surface area contributed by atoms with Gasteiger partial charge in [-0.25, -0.2) is 4.79 Å². The number of benzene rings is 2. The molecule has 7 heteroatoms. The SMILES string of the molecule is O=C(COC(=O)c1ccccc1[N+](=O)[O-])c1ccccc1Br. The molecule has 112 valence electrons. The average Bonchev–Trinajstić information content (AvgIpc) is 2.52. The Balaban J connectivity index is 2.09. The van der Waals surface area contributed by atoms with Crippen LogP contribution < -0.4 is 0 Å². The highest BCUT2D eigenvalue weighted by atomic mass is 79.9. The van der Waals surface area contributed by atoms with Crippen molar-refractivity contribution in [2.75, 3.05) is 6.61 Å². The second-order valence-electron chi connectivity index (χ2n) is 4.25. The lowest BCUT2D eigenvalue weighted by Gasteiger charge is -2.06. The van der Waals surface area contributed by atoms with Gasteiger partial charge in [-0.3, -0.25) is 14.9 Å². The molecule has 0 spiro atoms. The summed E-state index contributed by atoms with van der Waals surface area (Å²) in [6.07, 6.45) is 0. The molecule has 0 amide bonds. The van der Waals surface area contributed by atoms with Crippen LogP contribution in [0, 0.1) is 10.1 Å². The van der Waals surface area contributed by atoms with E-state index in [0.29, 0.717) is 10.0 Å². The van der Waals surface area contributed by atoms with Crippen LogP contribution in [0.25, 0.3) is 0 Å². The van der Waals surface area contributed by atoms with E-state index in [2.05, 4.69) is 15.9 Å². The summed E-state index contributed by atoms with van der Waals surface area (Å²) in [5.41, 5.74) is -0.175. The fourth-order valence-electron chi connectivity index (χ4n) is 1.78. The number of carbonyl (C=O) groups excluding carboxylic acids is 2. The summed E-state index contributed by atoms with van der Waals surface area (Å²) >= 11 is 3.23. The van der Waals surface area contributed by atoms with Gasteiger partial charge in [0.1, 0.15) is 5.56 Å². The first-order valence-electron chi connectivity index (χ1n) is 6.19. The molecule has 2 aromatic carbocycles. The highest BCUT2D eigenvalue weighted by molar-refractivity contribution is 9.10. The van der Waals surface area contributed by atoms with Gasteiger partial charge in [0.25, 0.3) is 5.69 Å². The van der Waals surface area contributed by atoms with Gasteiger partial charge in [0.05, 0.1) is 4.92 Å². The lowest BCUT2D eigenvalue weighted by atomic mass is 10.1. The summed E-state index contributed by atoms with van der Waals surface area (Å²) < 4.78 is 5.46. The topological polar surface area (TPSA) is 86.5 Å². The summed E-state index contributed by atoms with van der Waals surface area (Å²) in [5.74, 6) is -1.31. The van der Waals surface area contributed by atoms with Gasteiger partial charge >= 0.3 is 5.97 Å². The molecule has 0 aliphatic carbocycles. The number of rotatable bonds is 5. The summed E-state index contributed by atoms with van der Waals surface area (Å²) in [7, 11) is 0. The van der Waals surface area contributed by atoms with Crippen molar-refractivity contribution in [2.45, 2.75) is 0 Å². The number of nitrogens with zero attached hydrogens (tertiary/aromatic N) is 1. The Kier molecular flexibility index (Phi) is 5.00. The molecule has 0 heterocycles. The van der Waals surface area contributed by atoms with Gasteiger partial charge in [-0.15, -0.1) is 0 Å². The van der Waals surface area contributed by atoms with E-state index in [0.717, 1.165) is 0 Å². The first kappa shape index (κ1) is 15.8. The van der Waals surface area contributed by atoms with Crippen LogP contribution in [0.3, 0.4) is 0 Å². The second-order valence-corrected chi connectivity index (χ2v) is 5.11. The predicted octanol–water partition coefficient (Wildman–Crippen LogP) is 3.40. The van der Waals surface area contributed by atoms with Gasteiger partial charge in [0.15, 0.2) is 6.61 Å². The van der Waals surface area contributed by atoms with Gasteiger partial charge in [-0.1, -0.05) is 46.3 Å². The number of Topliss-reactive ketones (excluding diaryl/α,β-unsaturated/α-hetero) is 1. The second kappa shape index (κ2) is 6.95. The molecule has 6 nitrogen and oxygen atoms in total. The summed E-state index contributed by atoms with van der Waals surface area (Å²) in [5, 5.41) is 10.9. The maximum Gasteiger partial charge on any atom is 0.345 e. The number of esters is 1. The largest absolute Gasteiger partial charge is 0.454 e. The Hall–Kier alpha value is -2.54. The zero-order valence-corrected chi connectivity index (χ0v) is 12.8. The first-order valence-corrected chi connectivity index (χ1v) is 6.98. The number of carbonyl (C=O) groups is 2. The van der Waals surface area contributed by atoms with Crippen molar-refractivity contribution in [3.8, 4) is 0 Å². The van der Waals surface area contributed by atoms with Crippen LogP contribution in [-0.2, 0) is 4.74 Å². The normalized spacial score (nSPS) is 10.0. The standard InChI is InChI=1S/C15H10BrNO5/c16-12-7-3-1-5-10(12)14(18)9-22-15(19)11-6-2-4-8-13(11)17(20)21/h1-8H,9H2. The molecule has 22 heavy (non-hydrogen) atoms. The van der Waals surface area contributed by atoms with Crippen molar-refractivity contribution in [1.82, 2.24) is 0 Å². The van der Waals surface area contributed by atoms with Crippen LogP contribution in [0.15, 0.2) is 53.0 Å². The highest BCUT2D eigenvalue weighted by Crippen LogP contribution is 2.19. The monoisotopic (exact) mass is 363 g/mol. The number of nitro benzene ring substituents is 1. The molecule has 0 aliphatic rings. The molecule has 0 aliphatic heterocycles. The molecule has 0 N–H and O–H groups in total. The van der Waals surface area contributed by atoms with E-state index in [1.54, 1.807) is 24.3 Å². The molecule has 0 bridgehead atoms. The quantitative estimate of drug-likeness (QED) is 0.351. The van der Waals surface area contributed by atoms with Gasteiger partial charge < -0.3 is 4.74 Å². The zero-order valence-electron chi connectivity index (χ0n) is 11.2.